The summed E-state index contributed by atoms with van der Waals surface area (Å²) in [4.78, 5) is 23.7. The normalized spacial score (nSPS) is 18.3. The lowest BCUT2D eigenvalue weighted by atomic mass is 9.97. The molecule has 0 radical (unpaired) electrons. The number of carbonyl (C=O) groups excluding carboxylic acids is 1. The predicted octanol–water partition coefficient (Wildman–Crippen LogP) is 4.64. The van der Waals surface area contributed by atoms with Crippen molar-refractivity contribution in [3.63, 3.8) is 0 Å². The van der Waals surface area contributed by atoms with Crippen molar-refractivity contribution < 1.29 is 17.9 Å². The van der Waals surface area contributed by atoms with Crippen molar-refractivity contribution in [1.82, 2.24) is 14.7 Å². The first kappa shape index (κ1) is 26.2. The highest BCUT2D eigenvalue weighted by Crippen LogP contribution is 2.37. The van der Waals surface area contributed by atoms with Gasteiger partial charge in [0, 0.05) is 24.3 Å². The number of anilines is 1. The maximum absolute atomic E-state index is 13.1. The highest BCUT2D eigenvalue weighted by molar-refractivity contribution is 7.90. The molecule has 35 heavy (non-hydrogen) atoms. The fourth-order valence-corrected chi connectivity index (χ4v) is 5.26. The molecule has 0 aromatic carbocycles. The van der Waals surface area contributed by atoms with Crippen LogP contribution in [0.5, 0.6) is 5.88 Å². The van der Waals surface area contributed by atoms with Crippen LogP contribution in [0.4, 0.5) is 5.82 Å². The number of nitrogens with one attached hydrogen (secondary N) is 1. The van der Waals surface area contributed by atoms with Gasteiger partial charge in [-0.2, -0.15) is 13.4 Å². The molecule has 1 aliphatic heterocycles. The van der Waals surface area contributed by atoms with Crippen molar-refractivity contribution >= 4 is 21.7 Å². The molecule has 0 aliphatic carbocycles. The van der Waals surface area contributed by atoms with Gasteiger partial charge in [0.2, 0.25) is 5.88 Å². The molecule has 0 bridgehead atoms. The Morgan fingerprint density at radius 1 is 1.26 bits per heavy atom. The first-order valence-electron chi connectivity index (χ1n) is 11.4. The average Bonchev–Trinajstić information content (AvgIpc) is 3.05. The molecule has 1 saturated heterocycles. The molecule has 1 atom stereocenters. The number of pyridine rings is 2. The van der Waals surface area contributed by atoms with E-state index in [1.807, 2.05) is 13.0 Å². The van der Waals surface area contributed by atoms with E-state index in [2.05, 4.69) is 46.9 Å². The minimum absolute atomic E-state index is 0.0929. The van der Waals surface area contributed by atoms with E-state index < -0.39 is 15.9 Å². The molecule has 3 heterocycles. The van der Waals surface area contributed by atoms with Crippen molar-refractivity contribution in [3.05, 3.63) is 78.2 Å². The minimum Gasteiger partial charge on any atom is -0.444 e. The number of nitrogens with zero attached hydrogens (tertiary/aromatic N) is 3. The molecule has 1 aliphatic rings. The van der Waals surface area contributed by atoms with Gasteiger partial charge < -0.3 is 9.64 Å². The van der Waals surface area contributed by atoms with Crippen molar-refractivity contribution in [2.75, 3.05) is 11.4 Å². The van der Waals surface area contributed by atoms with Crippen LogP contribution in [0.25, 0.3) is 0 Å². The van der Waals surface area contributed by atoms with Crippen LogP contribution in [0.3, 0.4) is 0 Å². The van der Waals surface area contributed by atoms with Crippen LogP contribution in [0, 0.1) is 5.92 Å². The Morgan fingerprint density at radius 2 is 2.00 bits per heavy atom. The van der Waals surface area contributed by atoms with Crippen molar-refractivity contribution in [1.29, 1.82) is 0 Å². The van der Waals surface area contributed by atoms with Gasteiger partial charge in [-0.15, -0.1) is 0 Å². The zero-order chi connectivity index (χ0) is 25.8. The zero-order valence-corrected chi connectivity index (χ0v) is 21.6. The lowest BCUT2D eigenvalue weighted by Crippen LogP contribution is -2.41. The molecule has 1 N–H and O–H groups in total. The fraction of sp³-hybridized carbons (Fsp3) is 0.346. The largest absolute Gasteiger partial charge is 0.444 e. The lowest BCUT2D eigenvalue weighted by molar-refractivity contribution is 0.0981. The monoisotopic (exact) mass is 496 g/mol. The first-order valence-corrected chi connectivity index (χ1v) is 12.8. The van der Waals surface area contributed by atoms with Gasteiger partial charge >= 0.3 is 0 Å². The maximum atomic E-state index is 13.1. The topological polar surface area (TPSA) is 101 Å². The van der Waals surface area contributed by atoms with E-state index in [4.69, 9.17) is 4.74 Å². The molecule has 0 saturated carbocycles. The van der Waals surface area contributed by atoms with E-state index >= 15 is 0 Å². The highest BCUT2D eigenvalue weighted by Gasteiger charge is 2.39. The molecule has 186 valence electrons. The molecule has 8 nitrogen and oxygen atoms in total. The highest BCUT2D eigenvalue weighted by atomic mass is 32.2. The number of hydrogen-bond donors (Lipinski definition) is 1. The van der Waals surface area contributed by atoms with E-state index in [0.29, 0.717) is 17.5 Å². The second kappa shape index (κ2) is 10.4. The van der Waals surface area contributed by atoms with Gasteiger partial charge in [0.1, 0.15) is 11.6 Å². The molecular weight excluding hydrogens is 464 g/mol. The number of aromatic nitrogens is 2. The molecule has 1 unspecified atom stereocenters. The average molecular weight is 497 g/mol. The van der Waals surface area contributed by atoms with Crippen LogP contribution >= 0.6 is 0 Å². The van der Waals surface area contributed by atoms with Gasteiger partial charge in [-0.25, -0.2) is 9.71 Å². The SMILES string of the molecule is C=C/C=C(C)\C=C(/C)Oc1cccc(S(=O)(=O)NC(=O)c2cccnc2N2CC(C)CC2(C)C)n1. The number of hydrogen-bond acceptors (Lipinski definition) is 7. The summed E-state index contributed by atoms with van der Waals surface area (Å²) in [6.45, 7) is 14.3. The minimum atomic E-state index is -4.26. The van der Waals surface area contributed by atoms with E-state index in [1.54, 1.807) is 43.5 Å². The second-order valence-corrected chi connectivity index (χ2v) is 11.0. The molecule has 3 rings (SSSR count). The third-order valence-corrected chi connectivity index (χ3v) is 6.87. The fourth-order valence-electron chi connectivity index (χ4n) is 4.33. The number of rotatable bonds is 8. The van der Waals surface area contributed by atoms with E-state index in [0.717, 1.165) is 18.5 Å². The molecule has 2 aromatic heterocycles. The Bertz CT molecular complexity index is 1280. The standard InChI is InChI=1S/C26H32N4O4S/c1-7-10-18(2)15-20(4)34-22-12-8-13-23(28-22)35(32,33)29-25(31)21-11-9-14-27-24(21)30-17-19(3)16-26(30,5)6/h7-15,19H,1,16-17H2,2-6H3,(H,29,31)/b18-10-,20-15+. The van der Waals surface area contributed by atoms with Crippen LogP contribution in [-0.2, 0) is 10.0 Å². The lowest BCUT2D eigenvalue weighted by Gasteiger charge is -2.33. The van der Waals surface area contributed by atoms with Crippen LogP contribution in [-0.4, -0.2) is 36.4 Å². The summed E-state index contributed by atoms with van der Waals surface area (Å²) < 4.78 is 33.8. The van der Waals surface area contributed by atoms with Crippen LogP contribution in [0.1, 0.15) is 51.4 Å². The van der Waals surface area contributed by atoms with Crippen LogP contribution in [0.15, 0.2) is 77.7 Å². The Hall–Kier alpha value is -3.46. The van der Waals surface area contributed by atoms with Gasteiger partial charge in [-0.3, -0.25) is 4.79 Å². The quantitative estimate of drug-likeness (QED) is 0.420. The van der Waals surface area contributed by atoms with E-state index in [9.17, 15) is 13.2 Å². The summed E-state index contributed by atoms with van der Waals surface area (Å²) >= 11 is 0. The van der Waals surface area contributed by atoms with Crippen molar-refractivity contribution in [2.45, 2.75) is 51.6 Å². The third-order valence-electron chi connectivity index (χ3n) is 5.64. The Balaban J connectivity index is 1.84. The summed E-state index contributed by atoms with van der Waals surface area (Å²) in [6.07, 6.45) is 7.79. The summed E-state index contributed by atoms with van der Waals surface area (Å²) in [6, 6.07) is 7.54. The summed E-state index contributed by atoms with van der Waals surface area (Å²) in [7, 11) is -4.26. The molecular formula is C26H32N4O4S. The van der Waals surface area contributed by atoms with Gasteiger partial charge in [-0.1, -0.05) is 31.7 Å². The van der Waals surface area contributed by atoms with E-state index in [1.165, 1.54) is 12.1 Å². The van der Waals surface area contributed by atoms with Crippen LogP contribution < -0.4 is 14.4 Å². The number of ether oxygens (including phenoxy) is 1. The first-order chi connectivity index (χ1) is 16.4. The number of sulfonamides is 1. The Labute approximate surface area is 207 Å². The summed E-state index contributed by atoms with van der Waals surface area (Å²) in [5.74, 6) is 0.734. The zero-order valence-electron chi connectivity index (χ0n) is 20.8. The maximum Gasteiger partial charge on any atom is 0.281 e. The molecule has 1 amide bonds. The van der Waals surface area contributed by atoms with Gasteiger partial charge in [-0.05, 0) is 69.9 Å². The van der Waals surface area contributed by atoms with Crippen molar-refractivity contribution in [2.24, 2.45) is 5.92 Å². The molecule has 9 heteroatoms. The van der Waals surface area contributed by atoms with Crippen LogP contribution in [0.2, 0.25) is 0 Å². The Morgan fingerprint density at radius 3 is 2.66 bits per heavy atom. The Kier molecular flexibility index (Phi) is 7.80. The van der Waals surface area contributed by atoms with Gasteiger partial charge in [0.05, 0.1) is 5.56 Å². The van der Waals surface area contributed by atoms with Gasteiger partial charge in [0.25, 0.3) is 15.9 Å². The van der Waals surface area contributed by atoms with E-state index in [-0.39, 0.29) is 22.0 Å². The predicted molar refractivity (Wildman–Crippen MR) is 137 cm³/mol. The smallest absolute Gasteiger partial charge is 0.281 e. The van der Waals surface area contributed by atoms with Gasteiger partial charge in [0.15, 0.2) is 5.03 Å². The summed E-state index contributed by atoms with van der Waals surface area (Å²) in [5, 5.41) is -0.324. The number of amides is 1. The molecule has 1 fully saturated rings. The molecule has 0 spiro atoms. The number of carbonyl (C=O) groups is 1. The third kappa shape index (κ3) is 6.36. The molecule has 2 aromatic rings. The van der Waals surface area contributed by atoms with Crippen molar-refractivity contribution in [3.8, 4) is 5.88 Å². The summed E-state index contributed by atoms with van der Waals surface area (Å²) in [5.41, 5.74) is 0.893. The second-order valence-electron chi connectivity index (χ2n) is 9.36. The number of allylic oxidation sites excluding steroid dienone is 5.